The molecule has 2 aromatic heterocycles. The summed E-state index contributed by atoms with van der Waals surface area (Å²) >= 11 is 12.2. The predicted molar refractivity (Wildman–Crippen MR) is 124 cm³/mol. The van der Waals surface area contributed by atoms with Crippen molar-refractivity contribution in [3.8, 4) is 5.69 Å². The third kappa shape index (κ3) is 3.71. The first-order chi connectivity index (χ1) is 14.5. The normalized spacial score (nSPS) is 18.7. The summed E-state index contributed by atoms with van der Waals surface area (Å²) in [6.07, 6.45) is 1.82. The van der Waals surface area contributed by atoms with Gasteiger partial charge in [0.25, 0.3) is 0 Å². The van der Waals surface area contributed by atoms with Crippen LogP contribution in [0.1, 0.15) is 34.7 Å². The van der Waals surface area contributed by atoms with Gasteiger partial charge in [-0.15, -0.1) is 0 Å². The van der Waals surface area contributed by atoms with Crippen molar-refractivity contribution in [2.75, 3.05) is 20.3 Å². The van der Waals surface area contributed by atoms with Gasteiger partial charge in [-0.3, -0.25) is 4.98 Å². The molecule has 0 spiro atoms. The minimum absolute atomic E-state index is 0.00462. The molecule has 0 saturated carbocycles. The van der Waals surface area contributed by atoms with Crippen molar-refractivity contribution in [3.05, 3.63) is 82.4 Å². The van der Waals surface area contributed by atoms with E-state index in [1.54, 1.807) is 7.11 Å². The summed E-state index contributed by atoms with van der Waals surface area (Å²) < 4.78 is 7.57. The average molecular weight is 441 g/mol. The second kappa shape index (κ2) is 8.76. The van der Waals surface area contributed by atoms with Crippen LogP contribution >= 0.6 is 23.8 Å². The van der Waals surface area contributed by atoms with Gasteiger partial charge in [0.1, 0.15) is 0 Å². The van der Waals surface area contributed by atoms with Crippen molar-refractivity contribution in [1.29, 1.82) is 0 Å². The number of hydrogen-bond acceptors (Lipinski definition) is 3. The second-order valence-corrected chi connectivity index (χ2v) is 8.22. The van der Waals surface area contributed by atoms with Gasteiger partial charge in [0.2, 0.25) is 0 Å². The van der Waals surface area contributed by atoms with E-state index in [1.165, 1.54) is 5.56 Å². The van der Waals surface area contributed by atoms with E-state index in [4.69, 9.17) is 28.6 Å². The molecule has 1 aliphatic rings. The fourth-order valence-electron chi connectivity index (χ4n) is 4.27. The van der Waals surface area contributed by atoms with Crippen molar-refractivity contribution >= 4 is 28.9 Å². The molecule has 4 rings (SSSR count). The maximum Gasteiger partial charge on any atom is 0.170 e. The van der Waals surface area contributed by atoms with Gasteiger partial charge in [0.05, 0.1) is 35.1 Å². The van der Waals surface area contributed by atoms with Crippen LogP contribution in [0.5, 0.6) is 0 Å². The Morgan fingerprint density at radius 2 is 1.93 bits per heavy atom. The van der Waals surface area contributed by atoms with Crippen molar-refractivity contribution in [1.82, 2.24) is 19.8 Å². The molecule has 7 heteroatoms. The fourth-order valence-corrected chi connectivity index (χ4v) is 4.82. The zero-order valence-electron chi connectivity index (χ0n) is 17.3. The van der Waals surface area contributed by atoms with Crippen molar-refractivity contribution < 1.29 is 4.74 Å². The molecule has 1 aliphatic heterocycles. The summed E-state index contributed by atoms with van der Waals surface area (Å²) in [6.45, 7) is 5.54. The molecule has 2 atom stereocenters. The Hall–Kier alpha value is -2.41. The number of para-hydroxylation sites is 1. The summed E-state index contributed by atoms with van der Waals surface area (Å²) in [5.74, 6) is 0. The summed E-state index contributed by atoms with van der Waals surface area (Å²) in [7, 11) is 1.71. The molecule has 5 nitrogen and oxygen atoms in total. The lowest BCUT2D eigenvalue weighted by Gasteiger charge is -2.28. The van der Waals surface area contributed by atoms with Gasteiger partial charge in [-0.1, -0.05) is 29.8 Å². The third-order valence-electron chi connectivity index (χ3n) is 5.62. The molecule has 0 amide bonds. The minimum Gasteiger partial charge on any atom is -0.383 e. The number of ether oxygens (including phenoxy) is 1. The Bertz CT molecular complexity index is 1050. The number of nitrogens with one attached hydrogen (secondary N) is 1. The highest BCUT2D eigenvalue weighted by atomic mass is 35.5. The number of thiocarbonyl (C=S) groups is 1. The SMILES string of the molecule is COCCN1C(=S)N[C@@H](c2ccccn2)[C@H]1c1cc(C)n(-c2ccccc2Cl)c1C. The molecule has 1 N–H and O–H groups in total. The number of aryl methyl sites for hydroxylation is 1. The molecule has 3 aromatic rings. The molecule has 156 valence electrons. The molecular weight excluding hydrogens is 416 g/mol. The van der Waals surface area contributed by atoms with Gasteiger partial charge in [-0.25, -0.2) is 0 Å². The number of pyridine rings is 1. The van der Waals surface area contributed by atoms with Crippen molar-refractivity contribution in [2.24, 2.45) is 0 Å². The highest BCUT2D eigenvalue weighted by molar-refractivity contribution is 7.80. The Labute approximate surface area is 187 Å². The molecule has 1 saturated heterocycles. The molecule has 30 heavy (non-hydrogen) atoms. The Balaban J connectivity index is 1.83. The van der Waals surface area contributed by atoms with E-state index in [1.807, 2.05) is 48.7 Å². The largest absolute Gasteiger partial charge is 0.383 e. The van der Waals surface area contributed by atoms with Crippen LogP contribution in [0.15, 0.2) is 54.7 Å². The number of benzene rings is 1. The first-order valence-corrected chi connectivity index (χ1v) is 10.7. The van der Waals surface area contributed by atoms with Crippen LogP contribution in [0.3, 0.4) is 0 Å². The quantitative estimate of drug-likeness (QED) is 0.559. The summed E-state index contributed by atoms with van der Waals surface area (Å²) in [6, 6.07) is 16.1. The summed E-state index contributed by atoms with van der Waals surface area (Å²) in [4.78, 5) is 6.81. The van der Waals surface area contributed by atoms with E-state index < -0.39 is 0 Å². The van der Waals surface area contributed by atoms with Crippen LogP contribution in [0.2, 0.25) is 5.02 Å². The molecule has 1 fully saturated rings. The zero-order chi connectivity index (χ0) is 21.3. The van der Waals surface area contributed by atoms with Gasteiger partial charge >= 0.3 is 0 Å². The Morgan fingerprint density at radius 1 is 1.17 bits per heavy atom. The first kappa shape index (κ1) is 20.8. The topological polar surface area (TPSA) is 42.3 Å². The number of methoxy groups -OCH3 is 1. The van der Waals surface area contributed by atoms with Gasteiger partial charge < -0.3 is 19.5 Å². The van der Waals surface area contributed by atoms with Crippen LogP contribution < -0.4 is 5.32 Å². The lowest BCUT2D eigenvalue weighted by Crippen LogP contribution is -2.32. The number of hydrogen-bond donors (Lipinski definition) is 1. The van der Waals surface area contributed by atoms with Crippen molar-refractivity contribution in [3.63, 3.8) is 0 Å². The van der Waals surface area contributed by atoms with Gasteiger partial charge in [-0.05, 0) is 62.0 Å². The standard InChI is InChI=1S/C23H25ClN4OS/c1-15-14-17(16(2)28(15)20-10-5-4-8-18(20)24)22-21(19-9-6-7-11-25-19)26-23(30)27(22)12-13-29-3/h4-11,14,21-22H,12-13H2,1-3H3,(H,26,30)/t21-,22+/m0/s1. The molecule has 1 aromatic carbocycles. The van der Waals surface area contributed by atoms with Crippen LogP contribution in [0, 0.1) is 13.8 Å². The van der Waals surface area contributed by atoms with E-state index in [0.717, 1.165) is 32.9 Å². The average Bonchev–Trinajstić information content (AvgIpc) is 3.23. The van der Waals surface area contributed by atoms with Crippen LogP contribution in [-0.4, -0.2) is 39.8 Å². The lowest BCUT2D eigenvalue weighted by atomic mass is 9.97. The second-order valence-electron chi connectivity index (χ2n) is 7.43. The lowest BCUT2D eigenvalue weighted by molar-refractivity contribution is 0.164. The first-order valence-electron chi connectivity index (χ1n) is 9.93. The van der Waals surface area contributed by atoms with Crippen molar-refractivity contribution in [2.45, 2.75) is 25.9 Å². The Morgan fingerprint density at radius 3 is 2.63 bits per heavy atom. The van der Waals surface area contributed by atoms with Crippen LogP contribution in [0.4, 0.5) is 0 Å². The minimum atomic E-state index is -0.0456. The highest BCUT2D eigenvalue weighted by Crippen LogP contribution is 2.41. The van der Waals surface area contributed by atoms with Crippen LogP contribution in [-0.2, 0) is 4.74 Å². The number of halogens is 1. The highest BCUT2D eigenvalue weighted by Gasteiger charge is 2.41. The predicted octanol–water partition coefficient (Wildman–Crippen LogP) is 4.76. The fraction of sp³-hybridized carbons (Fsp3) is 0.304. The van der Waals surface area contributed by atoms with Gasteiger partial charge in [-0.2, -0.15) is 0 Å². The van der Waals surface area contributed by atoms with E-state index >= 15 is 0 Å². The molecule has 0 radical (unpaired) electrons. The number of rotatable bonds is 6. The van der Waals surface area contributed by atoms with Gasteiger partial charge in [0, 0.05) is 31.2 Å². The molecular formula is C23H25ClN4OS. The maximum absolute atomic E-state index is 6.53. The molecule has 0 bridgehead atoms. The van der Waals surface area contributed by atoms with E-state index in [-0.39, 0.29) is 12.1 Å². The monoisotopic (exact) mass is 440 g/mol. The maximum atomic E-state index is 6.53. The smallest absolute Gasteiger partial charge is 0.170 e. The zero-order valence-corrected chi connectivity index (χ0v) is 18.9. The summed E-state index contributed by atoms with van der Waals surface area (Å²) in [5.41, 5.74) is 5.41. The summed E-state index contributed by atoms with van der Waals surface area (Å²) in [5, 5.41) is 4.93. The van der Waals surface area contributed by atoms with Crippen LogP contribution in [0.25, 0.3) is 5.69 Å². The van der Waals surface area contributed by atoms with E-state index in [2.05, 4.69) is 39.7 Å². The van der Waals surface area contributed by atoms with E-state index in [0.29, 0.717) is 13.2 Å². The molecule has 3 heterocycles. The number of aromatic nitrogens is 2. The molecule has 0 aliphatic carbocycles. The Kier molecular flexibility index (Phi) is 6.09. The number of nitrogens with zero attached hydrogens (tertiary/aromatic N) is 3. The van der Waals surface area contributed by atoms with Gasteiger partial charge in [0.15, 0.2) is 5.11 Å². The third-order valence-corrected chi connectivity index (χ3v) is 6.29. The molecule has 0 unspecified atom stereocenters. The van der Waals surface area contributed by atoms with E-state index in [9.17, 15) is 0 Å².